The Morgan fingerprint density at radius 1 is 0.941 bits per heavy atom. The molecule has 0 aromatic carbocycles. The Hall–Kier alpha value is -2.13. The third-order valence-electron chi connectivity index (χ3n) is 1.46. The summed E-state index contributed by atoms with van der Waals surface area (Å²) in [4.78, 5) is 31.8. The fraction of sp³-hybridized carbons (Fsp3) is 0. The molecule has 0 unspecified atom stereocenters. The molecule has 0 aliphatic rings. The number of H-pyrrole nitrogens is 2. The molecule has 0 bridgehead atoms. The largest absolute Gasteiger partial charge is 0.477 e. The summed E-state index contributed by atoms with van der Waals surface area (Å²) in [7, 11) is 0. The van der Waals surface area contributed by atoms with Crippen molar-refractivity contribution in [3.63, 3.8) is 0 Å². The zero-order valence-electron chi connectivity index (χ0n) is 8.25. The van der Waals surface area contributed by atoms with Crippen LogP contribution in [0.15, 0.2) is 25.0 Å². The zero-order chi connectivity index (χ0) is 12.0. The molecule has 0 aliphatic heterocycles. The molecule has 2 heterocycles. The molecule has 0 saturated carbocycles. The molecule has 8 nitrogen and oxygen atoms in total. The molecule has 2 rings (SSSR count). The number of aromatic carboxylic acids is 2. The fourth-order valence-electron chi connectivity index (χ4n) is 0.746. The van der Waals surface area contributed by atoms with Gasteiger partial charge in [0.1, 0.15) is 11.4 Å². The van der Waals surface area contributed by atoms with E-state index in [9.17, 15) is 9.59 Å². The minimum absolute atomic E-state index is 0. The van der Waals surface area contributed by atoms with Crippen molar-refractivity contribution in [2.75, 3.05) is 0 Å². The van der Waals surface area contributed by atoms with Crippen LogP contribution in [-0.4, -0.2) is 42.1 Å². The van der Waals surface area contributed by atoms with Crippen LogP contribution in [-0.2, 0) is 16.8 Å². The van der Waals surface area contributed by atoms with Gasteiger partial charge < -0.3 is 20.2 Å². The van der Waals surface area contributed by atoms with Gasteiger partial charge in [0.15, 0.2) is 0 Å². The quantitative estimate of drug-likeness (QED) is 0.623. The molecule has 0 amide bonds. The summed E-state index contributed by atoms with van der Waals surface area (Å²) < 4.78 is 0. The van der Waals surface area contributed by atoms with E-state index in [1.807, 2.05) is 0 Å². The van der Waals surface area contributed by atoms with Crippen molar-refractivity contribution in [1.29, 1.82) is 0 Å². The first-order valence-corrected chi connectivity index (χ1v) is 4.04. The van der Waals surface area contributed by atoms with E-state index in [0.29, 0.717) is 0 Å². The molecule has 4 N–H and O–H groups in total. The van der Waals surface area contributed by atoms with E-state index in [2.05, 4.69) is 19.9 Å². The molecule has 9 heteroatoms. The third-order valence-corrected chi connectivity index (χ3v) is 1.46. The van der Waals surface area contributed by atoms with Crippen LogP contribution >= 0.6 is 0 Å². The second-order valence-corrected chi connectivity index (χ2v) is 2.54. The van der Waals surface area contributed by atoms with Crippen molar-refractivity contribution in [3.8, 4) is 0 Å². The van der Waals surface area contributed by atoms with Crippen LogP contribution in [0, 0.1) is 0 Å². The number of carboxylic acids is 2. The van der Waals surface area contributed by atoms with Crippen molar-refractivity contribution in [3.05, 3.63) is 36.4 Å². The minimum Gasteiger partial charge on any atom is -0.477 e. The number of carboxylic acid groups (broad SMARTS) is 2. The Morgan fingerprint density at radius 2 is 1.29 bits per heavy atom. The Kier molecular flexibility index (Phi) is 6.29. The summed E-state index contributed by atoms with van der Waals surface area (Å²) in [6.07, 6.45) is 5.15. The number of aromatic nitrogens is 4. The first-order chi connectivity index (χ1) is 7.61. The number of imidazole rings is 2. The van der Waals surface area contributed by atoms with Gasteiger partial charge >= 0.3 is 11.9 Å². The van der Waals surface area contributed by atoms with E-state index in [0.717, 1.165) is 0 Å². The summed E-state index contributed by atoms with van der Waals surface area (Å²) in [5.41, 5.74) is 0.231. The number of carbonyl (C=O) groups is 2. The average Bonchev–Trinajstić information content (AvgIpc) is 2.93. The van der Waals surface area contributed by atoms with Gasteiger partial charge in [-0.3, -0.25) is 0 Å². The third kappa shape index (κ3) is 4.95. The monoisotopic (exact) mass is 283 g/mol. The molecular weight excluding hydrogens is 275 g/mol. The maximum Gasteiger partial charge on any atom is 0.353 e. The molecule has 0 aliphatic carbocycles. The molecule has 1 radical (unpaired) electrons. The SMILES string of the molecule is O=C(O)c1cnc[nH]1.O=C(O)c1cnc[nH]1.[Co]. The number of nitrogens with zero attached hydrogens (tertiary/aromatic N) is 2. The summed E-state index contributed by atoms with van der Waals surface area (Å²) in [6.45, 7) is 0. The van der Waals surface area contributed by atoms with Gasteiger partial charge in [0, 0.05) is 16.8 Å². The van der Waals surface area contributed by atoms with Crippen LogP contribution in [0.3, 0.4) is 0 Å². The molecule has 0 spiro atoms. The first-order valence-electron chi connectivity index (χ1n) is 4.04. The van der Waals surface area contributed by atoms with Gasteiger partial charge in [0.05, 0.1) is 25.0 Å². The number of rotatable bonds is 2. The number of hydrogen-bond donors (Lipinski definition) is 4. The maximum atomic E-state index is 9.99. The van der Waals surface area contributed by atoms with Crippen molar-refractivity contribution >= 4 is 11.9 Å². The summed E-state index contributed by atoms with van der Waals surface area (Å²) in [5, 5.41) is 16.4. The molecule has 93 valence electrons. The van der Waals surface area contributed by atoms with Gasteiger partial charge in [-0.25, -0.2) is 19.6 Å². The topological polar surface area (TPSA) is 132 Å². The van der Waals surface area contributed by atoms with Crippen LogP contribution < -0.4 is 0 Å². The zero-order valence-corrected chi connectivity index (χ0v) is 9.29. The van der Waals surface area contributed by atoms with Gasteiger partial charge in [-0.05, 0) is 0 Å². The molecular formula is C8H8CoN4O4. The van der Waals surface area contributed by atoms with Crippen LogP contribution in [0.5, 0.6) is 0 Å². The van der Waals surface area contributed by atoms with E-state index < -0.39 is 11.9 Å². The Bertz CT molecular complexity index is 410. The second kappa shape index (κ2) is 7.19. The van der Waals surface area contributed by atoms with Crippen molar-refractivity contribution < 1.29 is 36.6 Å². The minimum atomic E-state index is -0.984. The molecule has 0 saturated heterocycles. The van der Waals surface area contributed by atoms with Crippen LogP contribution in [0.1, 0.15) is 21.0 Å². The second-order valence-electron chi connectivity index (χ2n) is 2.54. The number of hydrogen-bond acceptors (Lipinski definition) is 4. The molecule has 2 aromatic heterocycles. The van der Waals surface area contributed by atoms with E-state index >= 15 is 0 Å². The molecule has 17 heavy (non-hydrogen) atoms. The predicted molar refractivity (Wildman–Crippen MR) is 51.1 cm³/mol. The van der Waals surface area contributed by atoms with E-state index in [1.165, 1.54) is 25.0 Å². The van der Waals surface area contributed by atoms with Gasteiger partial charge in [-0.1, -0.05) is 0 Å². The molecule has 0 atom stereocenters. The fourth-order valence-corrected chi connectivity index (χ4v) is 0.746. The van der Waals surface area contributed by atoms with Gasteiger partial charge in [-0.2, -0.15) is 0 Å². The van der Waals surface area contributed by atoms with Crippen molar-refractivity contribution in [1.82, 2.24) is 19.9 Å². The first kappa shape index (κ1) is 14.9. The van der Waals surface area contributed by atoms with E-state index in [4.69, 9.17) is 10.2 Å². The standard InChI is InChI=1S/2C4H4N2O2.Co/c2*7-4(8)3-1-5-2-6-3;/h2*1-2H,(H,5,6)(H,7,8);. The van der Waals surface area contributed by atoms with Crippen molar-refractivity contribution in [2.24, 2.45) is 0 Å². The van der Waals surface area contributed by atoms with Crippen LogP contribution in [0.2, 0.25) is 0 Å². The average molecular weight is 283 g/mol. The summed E-state index contributed by atoms with van der Waals surface area (Å²) >= 11 is 0. The van der Waals surface area contributed by atoms with Crippen LogP contribution in [0.4, 0.5) is 0 Å². The molecule has 2 aromatic rings. The Balaban J connectivity index is 0.000000284. The predicted octanol–water partition coefficient (Wildman–Crippen LogP) is 0.213. The van der Waals surface area contributed by atoms with Crippen LogP contribution in [0.25, 0.3) is 0 Å². The van der Waals surface area contributed by atoms with E-state index in [-0.39, 0.29) is 28.2 Å². The van der Waals surface area contributed by atoms with Crippen molar-refractivity contribution in [2.45, 2.75) is 0 Å². The Morgan fingerprint density at radius 3 is 1.41 bits per heavy atom. The van der Waals surface area contributed by atoms with E-state index in [1.54, 1.807) is 0 Å². The number of aromatic amines is 2. The number of nitrogens with one attached hydrogen (secondary N) is 2. The molecule has 0 fully saturated rings. The van der Waals surface area contributed by atoms with Gasteiger partial charge in [0.25, 0.3) is 0 Å². The Labute approximate surface area is 105 Å². The normalized spacial score (nSPS) is 8.47. The van der Waals surface area contributed by atoms with Gasteiger partial charge in [0.2, 0.25) is 0 Å². The summed E-state index contributed by atoms with van der Waals surface area (Å²) in [5.74, 6) is -1.97. The maximum absolute atomic E-state index is 9.99. The van der Waals surface area contributed by atoms with Gasteiger partial charge in [-0.15, -0.1) is 0 Å². The summed E-state index contributed by atoms with van der Waals surface area (Å²) in [6, 6.07) is 0. The smallest absolute Gasteiger partial charge is 0.353 e.